The molecule has 2 unspecified atom stereocenters. The van der Waals surface area contributed by atoms with Crippen molar-refractivity contribution in [1.29, 1.82) is 0 Å². The molecule has 2 N–H and O–H groups in total. The molecule has 22 heavy (non-hydrogen) atoms. The van der Waals surface area contributed by atoms with E-state index in [9.17, 15) is 4.79 Å². The molecular formula is C16H24BrClN2O2. The quantitative estimate of drug-likeness (QED) is 0.857. The van der Waals surface area contributed by atoms with Crippen molar-refractivity contribution in [3.8, 4) is 5.75 Å². The third kappa shape index (κ3) is 4.86. The maximum atomic E-state index is 12.4. The van der Waals surface area contributed by atoms with Crippen LogP contribution in [0.15, 0.2) is 28.7 Å². The SMILES string of the molecule is CC(Oc1ccccc1Br)C(=O)N1CCC(C(C)N)CC1.Cl. The molecule has 1 saturated heterocycles. The van der Waals surface area contributed by atoms with E-state index in [1.165, 1.54) is 0 Å². The lowest BCUT2D eigenvalue weighted by Crippen LogP contribution is -2.46. The Balaban J connectivity index is 0.00000242. The zero-order chi connectivity index (χ0) is 15.4. The number of hydrogen-bond donors (Lipinski definition) is 1. The van der Waals surface area contributed by atoms with Crippen molar-refractivity contribution in [2.45, 2.75) is 38.8 Å². The second-order valence-corrected chi connectivity index (χ2v) is 6.57. The Morgan fingerprint density at radius 1 is 1.32 bits per heavy atom. The zero-order valence-electron chi connectivity index (χ0n) is 13.0. The number of hydrogen-bond acceptors (Lipinski definition) is 3. The summed E-state index contributed by atoms with van der Waals surface area (Å²) in [4.78, 5) is 14.3. The Kier molecular flexibility index (Phi) is 7.66. The second kappa shape index (κ2) is 8.75. The van der Waals surface area contributed by atoms with Crippen LogP contribution in [0.5, 0.6) is 5.75 Å². The summed E-state index contributed by atoms with van der Waals surface area (Å²) < 4.78 is 6.63. The van der Waals surface area contributed by atoms with E-state index < -0.39 is 6.10 Å². The molecular weight excluding hydrogens is 368 g/mol. The number of benzene rings is 1. The Hall–Kier alpha value is -0.780. The molecule has 4 nitrogen and oxygen atoms in total. The van der Waals surface area contributed by atoms with Crippen molar-refractivity contribution < 1.29 is 9.53 Å². The van der Waals surface area contributed by atoms with Gasteiger partial charge in [0.05, 0.1) is 4.47 Å². The first-order valence-corrected chi connectivity index (χ1v) is 8.24. The van der Waals surface area contributed by atoms with Crippen LogP contribution in [0.2, 0.25) is 0 Å². The lowest BCUT2D eigenvalue weighted by Gasteiger charge is -2.35. The standard InChI is InChI=1S/C16H23BrN2O2.ClH/c1-11(18)13-7-9-19(10-8-13)16(20)12(2)21-15-6-4-3-5-14(15)17;/h3-6,11-13H,7-10,18H2,1-2H3;1H. The van der Waals surface area contributed by atoms with Gasteiger partial charge >= 0.3 is 0 Å². The Bertz CT molecular complexity index is 491. The van der Waals surface area contributed by atoms with Crippen molar-refractivity contribution >= 4 is 34.2 Å². The molecule has 0 spiro atoms. The Morgan fingerprint density at radius 3 is 2.45 bits per heavy atom. The van der Waals surface area contributed by atoms with Crippen LogP contribution >= 0.6 is 28.3 Å². The number of halogens is 2. The number of nitrogens with two attached hydrogens (primary N) is 1. The second-order valence-electron chi connectivity index (χ2n) is 5.71. The first-order valence-electron chi connectivity index (χ1n) is 7.44. The summed E-state index contributed by atoms with van der Waals surface area (Å²) in [5.41, 5.74) is 5.93. The minimum atomic E-state index is -0.476. The normalized spacial score (nSPS) is 18.3. The van der Waals surface area contributed by atoms with E-state index in [1.807, 2.05) is 36.1 Å². The van der Waals surface area contributed by atoms with Gasteiger partial charge in [-0.1, -0.05) is 12.1 Å². The fraction of sp³-hybridized carbons (Fsp3) is 0.562. The van der Waals surface area contributed by atoms with E-state index in [-0.39, 0.29) is 24.4 Å². The minimum Gasteiger partial charge on any atom is -0.480 e. The number of amides is 1. The molecule has 2 atom stereocenters. The number of carbonyl (C=O) groups excluding carboxylic acids is 1. The summed E-state index contributed by atoms with van der Waals surface area (Å²) in [5.74, 6) is 1.27. The molecule has 1 aliphatic heterocycles. The van der Waals surface area contributed by atoms with Crippen LogP contribution in [0.3, 0.4) is 0 Å². The zero-order valence-corrected chi connectivity index (χ0v) is 15.4. The fourth-order valence-electron chi connectivity index (χ4n) is 2.68. The molecule has 0 aromatic heterocycles. The fourth-order valence-corrected chi connectivity index (χ4v) is 3.06. The molecule has 1 aromatic rings. The van der Waals surface area contributed by atoms with Crippen LogP contribution in [0, 0.1) is 5.92 Å². The first kappa shape index (κ1) is 19.3. The molecule has 0 radical (unpaired) electrons. The van der Waals surface area contributed by atoms with Crippen LogP contribution in [-0.2, 0) is 4.79 Å². The summed E-state index contributed by atoms with van der Waals surface area (Å²) >= 11 is 3.43. The number of para-hydroxylation sites is 1. The molecule has 0 bridgehead atoms. The van der Waals surface area contributed by atoms with Crippen molar-refractivity contribution in [2.24, 2.45) is 11.7 Å². The van der Waals surface area contributed by atoms with Gasteiger partial charge in [0.2, 0.25) is 0 Å². The highest BCUT2D eigenvalue weighted by Gasteiger charge is 2.28. The third-order valence-corrected chi connectivity index (χ3v) is 4.74. The predicted molar refractivity (Wildman–Crippen MR) is 94.4 cm³/mol. The van der Waals surface area contributed by atoms with E-state index in [4.69, 9.17) is 10.5 Å². The lowest BCUT2D eigenvalue weighted by molar-refractivity contribution is -0.139. The van der Waals surface area contributed by atoms with Crippen molar-refractivity contribution in [1.82, 2.24) is 4.90 Å². The minimum absolute atomic E-state index is 0. The average molecular weight is 392 g/mol. The molecule has 124 valence electrons. The number of piperidine rings is 1. The van der Waals surface area contributed by atoms with E-state index in [2.05, 4.69) is 15.9 Å². The highest BCUT2D eigenvalue weighted by Crippen LogP contribution is 2.26. The van der Waals surface area contributed by atoms with Gasteiger partial charge in [-0.05, 0) is 60.7 Å². The van der Waals surface area contributed by atoms with Crippen molar-refractivity contribution in [3.63, 3.8) is 0 Å². The highest BCUT2D eigenvalue weighted by atomic mass is 79.9. The van der Waals surface area contributed by atoms with Gasteiger partial charge in [0.15, 0.2) is 6.10 Å². The number of likely N-dealkylation sites (tertiary alicyclic amines) is 1. The van der Waals surface area contributed by atoms with Crippen LogP contribution in [0.1, 0.15) is 26.7 Å². The van der Waals surface area contributed by atoms with Gasteiger partial charge in [0.25, 0.3) is 5.91 Å². The number of carbonyl (C=O) groups is 1. The van der Waals surface area contributed by atoms with Gasteiger partial charge < -0.3 is 15.4 Å². The topological polar surface area (TPSA) is 55.6 Å². The van der Waals surface area contributed by atoms with Gasteiger partial charge in [0, 0.05) is 19.1 Å². The number of nitrogens with zero attached hydrogens (tertiary/aromatic N) is 1. The van der Waals surface area contributed by atoms with Crippen LogP contribution in [-0.4, -0.2) is 36.0 Å². The van der Waals surface area contributed by atoms with E-state index in [0.29, 0.717) is 11.7 Å². The largest absolute Gasteiger partial charge is 0.480 e. The smallest absolute Gasteiger partial charge is 0.263 e. The van der Waals surface area contributed by atoms with Crippen molar-refractivity contribution in [3.05, 3.63) is 28.7 Å². The van der Waals surface area contributed by atoms with Gasteiger partial charge in [-0.3, -0.25) is 4.79 Å². The van der Waals surface area contributed by atoms with Gasteiger partial charge in [-0.2, -0.15) is 0 Å². The molecule has 1 amide bonds. The van der Waals surface area contributed by atoms with Gasteiger partial charge in [0.1, 0.15) is 5.75 Å². The van der Waals surface area contributed by atoms with E-state index in [1.54, 1.807) is 6.92 Å². The average Bonchev–Trinajstić information content (AvgIpc) is 2.49. The third-order valence-electron chi connectivity index (χ3n) is 4.08. The predicted octanol–water partition coefficient (Wildman–Crippen LogP) is 3.22. The van der Waals surface area contributed by atoms with Crippen LogP contribution in [0.25, 0.3) is 0 Å². The van der Waals surface area contributed by atoms with Gasteiger partial charge in [-0.15, -0.1) is 12.4 Å². The number of rotatable bonds is 4. The summed E-state index contributed by atoms with van der Waals surface area (Å²) in [6.07, 6.45) is 1.48. The molecule has 1 fully saturated rings. The molecule has 1 aliphatic rings. The Labute approximate surface area is 146 Å². The maximum Gasteiger partial charge on any atom is 0.263 e. The van der Waals surface area contributed by atoms with Crippen LogP contribution in [0.4, 0.5) is 0 Å². The summed E-state index contributed by atoms with van der Waals surface area (Å²) in [7, 11) is 0. The lowest BCUT2D eigenvalue weighted by atomic mass is 9.91. The summed E-state index contributed by atoms with van der Waals surface area (Å²) in [6, 6.07) is 7.78. The molecule has 1 heterocycles. The summed E-state index contributed by atoms with van der Waals surface area (Å²) in [5, 5.41) is 0. The van der Waals surface area contributed by atoms with E-state index >= 15 is 0 Å². The molecule has 2 rings (SSSR count). The molecule has 0 aliphatic carbocycles. The van der Waals surface area contributed by atoms with Crippen molar-refractivity contribution in [2.75, 3.05) is 13.1 Å². The molecule has 0 saturated carbocycles. The number of ether oxygens (including phenoxy) is 1. The maximum absolute atomic E-state index is 12.4. The summed E-state index contributed by atoms with van der Waals surface area (Å²) in [6.45, 7) is 5.39. The first-order chi connectivity index (χ1) is 9.99. The van der Waals surface area contributed by atoms with E-state index in [0.717, 1.165) is 30.4 Å². The Morgan fingerprint density at radius 2 is 1.91 bits per heavy atom. The molecule has 1 aromatic carbocycles. The highest BCUT2D eigenvalue weighted by molar-refractivity contribution is 9.10. The van der Waals surface area contributed by atoms with Gasteiger partial charge in [-0.25, -0.2) is 0 Å². The van der Waals surface area contributed by atoms with Crippen LogP contribution < -0.4 is 10.5 Å². The molecule has 6 heteroatoms. The monoisotopic (exact) mass is 390 g/mol.